The number of anilines is 1. The molecule has 116 valence electrons. The molecule has 1 aliphatic carbocycles. The summed E-state index contributed by atoms with van der Waals surface area (Å²) in [5, 5.41) is -0.310. The standard InChI is InChI=1S/C14H20N2O4S/c1-3-11(14(17)20-4-2)12-6-5-7-13(15-12)16-21(18,19)10-8-9-10/h5-7,10-11H,3-4,8-9H2,1-2H3,(H,15,16). The molecule has 1 fully saturated rings. The first kappa shape index (κ1) is 15.8. The van der Waals surface area contributed by atoms with Crippen LogP contribution in [0.1, 0.15) is 44.7 Å². The molecule has 1 saturated carbocycles. The lowest BCUT2D eigenvalue weighted by Gasteiger charge is -2.14. The largest absolute Gasteiger partial charge is 0.465 e. The van der Waals surface area contributed by atoms with Gasteiger partial charge in [-0.2, -0.15) is 0 Å². The summed E-state index contributed by atoms with van der Waals surface area (Å²) in [6.07, 6.45) is 1.93. The molecule has 1 heterocycles. The molecule has 1 unspecified atom stereocenters. The van der Waals surface area contributed by atoms with Crippen LogP contribution >= 0.6 is 0 Å². The van der Waals surface area contributed by atoms with Gasteiger partial charge < -0.3 is 4.74 Å². The number of esters is 1. The number of nitrogens with one attached hydrogen (secondary N) is 1. The van der Waals surface area contributed by atoms with Gasteiger partial charge in [-0.05, 0) is 38.3 Å². The zero-order valence-corrected chi connectivity index (χ0v) is 13.0. The van der Waals surface area contributed by atoms with Crippen LogP contribution in [-0.2, 0) is 19.6 Å². The molecule has 0 aromatic carbocycles. The van der Waals surface area contributed by atoms with Crippen LogP contribution in [0.4, 0.5) is 5.82 Å². The summed E-state index contributed by atoms with van der Waals surface area (Å²) in [5.41, 5.74) is 0.520. The Hall–Kier alpha value is -1.63. The Morgan fingerprint density at radius 2 is 2.14 bits per heavy atom. The fraction of sp³-hybridized carbons (Fsp3) is 0.571. The summed E-state index contributed by atoms with van der Waals surface area (Å²) in [5.74, 6) is -0.563. The molecule has 21 heavy (non-hydrogen) atoms. The Morgan fingerprint density at radius 3 is 2.71 bits per heavy atom. The number of aromatic nitrogens is 1. The summed E-state index contributed by atoms with van der Waals surface area (Å²) in [6, 6.07) is 4.98. The third kappa shape index (κ3) is 3.93. The van der Waals surface area contributed by atoms with Crippen molar-refractivity contribution in [1.82, 2.24) is 4.98 Å². The fourth-order valence-corrected chi connectivity index (χ4v) is 3.38. The zero-order valence-electron chi connectivity index (χ0n) is 12.2. The van der Waals surface area contributed by atoms with Gasteiger partial charge in [-0.15, -0.1) is 0 Å². The highest BCUT2D eigenvalue weighted by Gasteiger charge is 2.36. The van der Waals surface area contributed by atoms with E-state index in [0.29, 0.717) is 31.6 Å². The van der Waals surface area contributed by atoms with E-state index >= 15 is 0 Å². The lowest BCUT2D eigenvalue weighted by atomic mass is 10.0. The first-order valence-corrected chi connectivity index (χ1v) is 8.67. The van der Waals surface area contributed by atoms with Crippen LogP contribution in [0.25, 0.3) is 0 Å². The molecule has 6 nitrogen and oxygen atoms in total. The molecular formula is C14H20N2O4S. The van der Waals surface area contributed by atoms with Gasteiger partial charge in [-0.1, -0.05) is 13.0 Å². The summed E-state index contributed by atoms with van der Waals surface area (Å²) in [4.78, 5) is 16.1. The molecule has 0 radical (unpaired) electrons. The Morgan fingerprint density at radius 1 is 1.43 bits per heavy atom. The monoisotopic (exact) mass is 312 g/mol. The number of hydrogen-bond acceptors (Lipinski definition) is 5. The summed E-state index contributed by atoms with van der Waals surface area (Å²) < 4.78 is 31.3. The van der Waals surface area contributed by atoms with Crippen molar-refractivity contribution in [3.63, 3.8) is 0 Å². The first-order valence-electron chi connectivity index (χ1n) is 7.13. The van der Waals surface area contributed by atoms with Crippen molar-refractivity contribution in [3.05, 3.63) is 23.9 Å². The third-order valence-electron chi connectivity index (χ3n) is 3.32. The maximum absolute atomic E-state index is 11.9. The third-order valence-corrected chi connectivity index (χ3v) is 5.16. The molecular weight excluding hydrogens is 292 g/mol. The second kappa shape index (κ2) is 6.43. The highest BCUT2D eigenvalue weighted by Crippen LogP contribution is 2.29. The van der Waals surface area contributed by atoms with Crippen molar-refractivity contribution >= 4 is 21.8 Å². The van der Waals surface area contributed by atoms with E-state index in [1.54, 1.807) is 25.1 Å². The molecule has 1 atom stereocenters. The molecule has 1 aromatic rings. The van der Waals surface area contributed by atoms with E-state index in [0.717, 1.165) is 0 Å². The quantitative estimate of drug-likeness (QED) is 0.779. The van der Waals surface area contributed by atoms with Gasteiger partial charge in [-0.3, -0.25) is 9.52 Å². The van der Waals surface area contributed by atoms with E-state index in [-0.39, 0.29) is 17.0 Å². The van der Waals surface area contributed by atoms with Crippen LogP contribution in [0.5, 0.6) is 0 Å². The average molecular weight is 312 g/mol. The molecule has 0 aliphatic heterocycles. The van der Waals surface area contributed by atoms with E-state index in [1.807, 2.05) is 6.92 Å². The van der Waals surface area contributed by atoms with Gasteiger partial charge in [0.2, 0.25) is 10.0 Å². The van der Waals surface area contributed by atoms with Crippen LogP contribution in [0, 0.1) is 0 Å². The van der Waals surface area contributed by atoms with Crippen molar-refractivity contribution in [2.45, 2.75) is 44.3 Å². The Bertz CT molecular complexity index is 611. The van der Waals surface area contributed by atoms with Crippen LogP contribution in [-0.4, -0.2) is 31.2 Å². The maximum atomic E-state index is 11.9. The van der Waals surface area contributed by atoms with Gasteiger partial charge in [-0.25, -0.2) is 13.4 Å². The van der Waals surface area contributed by atoms with Crippen molar-refractivity contribution < 1.29 is 17.9 Å². The molecule has 2 rings (SSSR count). The number of pyridine rings is 1. The van der Waals surface area contributed by atoms with Gasteiger partial charge in [0.15, 0.2) is 0 Å². The summed E-state index contributed by atoms with van der Waals surface area (Å²) >= 11 is 0. The van der Waals surface area contributed by atoms with Gasteiger partial charge in [0.05, 0.1) is 23.5 Å². The van der Waals surface area contributed by atoms with Crippen LogP contribution in [0.2, 0.25) is 0 Å². The zero-order chi connectivity index (χ0) is 15.5. The number of rotatable bonds is 7. The molecule has 0 saturated heterocycles. The van der Waals surface area contributed by atoms with Gasteiger partial charge in [0.25, 0.3) is 0 Å². The highest BCUT2D eigenvalue weighted by atomic mass is 32.2. The molecule has 0 bridgehead atoms. The van der Waals surface area contributed by atoms with Crippen molar-refractivity contribution in [2.24, 2.45) is 0 Å². The second-order valence-electron chi connectivity index (χ2n) is 5.01. The smallest absolute Gasteiger partial charge is 0.315 e. The lowest BCUT2D eigenvalue weighted by Crippen LogP contribution is -2.20. The Kier molecular flexibility index (Phi) is 4.82. The highest BCUT2D eigenvalue weighted by molar-refractivity contribution is 7.93. The number of sulfonamides is 1. The molecule has 1 aliphatic rings. The topological polar surface area (TPSA) is 85.4 Å². The maximum Gasteiger partial charge on any atom is 0.315 e. The number of carbonyl (C=O) groups excluding carboxylic acids is 1. The van der Waals surface area contributed by atoms with E-state index in [1.165, 1.54) is 0 Å². The Labute approximate surface area is 125 Å². The molecule has 0 spiro atoms. The molecule has 7 heteroatoms. The number of carbonyl (C=O) groups is 1. The number of nitrogens with zero attached hydrogens (tertiary/aromatic N) is 1. The molecule has 1 N–H and O–H groups in total. The predicted molar refractivity (Wildman–Crippen MR) is 79.5 cm³/mol. The summed E-state index contributed by atoms with van der Waals surface area (Å²) in [6.45, 7) is 3.92. The SMILES string of the molecule is CCOC(=O)C(CC)c1cccc(NS(=O)(=O)C2CC2)n1. The van der Waals surface area contributed by atoms with E-state index in [9.17, 15) is 13.2 Å². The molecule has 0 amide bonds. The minimum absolute atomic E-state index is 0.252. The van der Waals surface area contributed by atoms with Crippen molar-refractivity contribution in [1.29, 1.82) is 0 Å². The number of hydrogen-bond donors (Lipinski definition) is 1. The van der Waals surface area contributed by atoms with Crippen LogP contribution < -0.4 is 4.72 Å². The minimum atomic E-state index is -3.35. The van der Waals surface area contributed by atoms with E-state index in [2.05, 4.69) is 9.71 Å². The van der Waals surface area contributed by atoms with Crippen LogP contribution in [0.15, 0.2) is 18.2 Å². The normalized spacial score (nSPS) is 16.3. The van der Waals surface area contributed by atoms with Crippen molar-refractivity contribution in [3.8, 4) is 0 Å². The van der Waals surface area contributed by atoms with Crippen LogP contribution in [0.3, 0.4) is 0 Å². The Balaban J connectivity index is 2.18. The van der Waals surface area contributed by atoms with Gasteiger partial charge >= 0.3 is 5.97 Å². The van der Waals surface area contributed by atoms with Gasteiger partial charge in [0.1, 0.15) is 5.82 Å². The second-order valence-corrected chi connectivity index (χ2v) is 6.97. The van der Waals surface area contributed by atoms with E-state index in [4.69, 9.17) is 4.74 Å². The van der Waals surface area contributed by atoms with Gasteiger partial charge in [0, 0.05) is 0 Å². The minimum Gasteiger partial charge on any atom is -0.465 e. The van der Waals surface area contributed by atoms with E-state index < -0.39 is 15.9 Å². The fourth-order valence-electron chi connectivity index (χ4n) is 2.05. The predicted octanol–water partition coefficient (Wildman–Crippen LogP) is 2.04. The summed E-state index contributed by atoms with van der Waals surface area (Å²) in [7, 11) is -3.35. The molecule has 1 aromatic heterocycles. The lowest BCUT2D eigenvalue weighted by molar-refractivity contribution is -0.145. The van der Waals surface area contributed by atoms with Crippen molar-refractivity contribution in [2.75, 3.05) is 11.3 Å². The average Bonchev–Trinajstić information content (AvgIpc) is 3.24. The number of ether oxygens (including phenoxy) is 1. The first-order chi connectivity index (χ1) is 9.97.